The largest absolute Gasteiger partial charge is 0.476 e. The summed E-state index contributed by atoms with van der Waals surface area (Å²) in [5.74, 6) is -1.59. The molecule has 0 saturated heterocycles. The number of hydrogen-bond donors (Lipinski definition) is 2. The van der Waals surface area contributed by atoms with E-state index in [1.54, 1.807) is 12.1 Å². The summed E-state index contributed by atoms with van der Waals surface area (Å²) in [4.78, 5) is 23.5. The van der Waals surface area contributed by atoms with Crippen LogP contribution in [0, 0.1) is 0 Å². The summed E-state index contributed by atoms with van der Waals surface area (Å²) in [5, 5.41) is 19.9. The van der Waals surface area contributed by atoms with Crippen LogP contribution in [0.4, 0.5) is 5.69 Å². The molecule has 1 aromatic carbocycles. The van der Waals surface area contributed by atoms with Gasteiger partial charge in [-0.1, -0.05) is 28.4 Å². The summed E-state index contributed by atoms with van der Waals surface area (Å²) in [5.41, 5.74) is 0.373. The van der Waals surface area contributed by atoms with E-state index in [0.717, 1.165) is 4.68 Å². The summed E-state index contributed by atoms with van der Waals surface area (Å²) in [6.07, 6.45) is 1.23. The molecule has 0 bridgehead atoms. The summed E-state index contributed by atoms with van der Waals surface area (Å²) in [6, 6.07) is 6.19. The lowest BCUT2D eigenvalue weighted by atomic mass is 10.1. The van der Waals surface area contributed by atoms with E-state index in [2.05, 4.69) is 15.6 Å². The number of carbonyl (C=O) groups is 2. The van der Waals surface area contributed by atoms with Crippen LogP contribution in [0.1, 0.15) is 21.0 Å². The highest BCUT2D eigenvalue weighted by Gasteiger charge is 2.21. The predicted molar refractivity (Wildman–Crippen MR) is 90.1 cm³/mol. The van der Waals surface area contributed by atoms with Crippen LogP contribution in [0.15, 0.2) is 35.0 Å². The van der Waals surface area contributed by atoms with Crippen LogP contribution in [0.2, 0.25) is 10.0 Å². The molecule has 0 atom stereocenters. The fraction of sp³-hybridized carbons (Fsp3) is 0.0667. The average Bonchev–Trinajstić information content (AvgIpc) is 3.14. The van der Waals surface area contributed by atoms with Gasteiger partial charge in [-0.05, 0) is 18.2 Å². The smallest absolute Gasteiger partial charge is 0.356 e. The summed E-state index contributed by atoms with van der Waals surface area (Å²) < 4.78 is 6.28. The number of benzene rings is 1. The van der Waals surface area contributed by atoms with Crippen molar-refractivity contribution >= 4 is 40.8 Å². The Balaban J connectivity index is 1.85. The number of aryl methyl sites for hydroxylation is 1. The maximum atomic E-state index is 12.3. The first-order valence-electron chi connectivity index (χ1n) is 6.85. The molecule has 0 radical (unpaired) electrons. The third kappa shape index (κ3) is 3.35. The molecule has 128 valence electrons. The molecule has 0 aliphatic rings. The van der Waals surface area contributed by atoms with Crippen molar-refractivity contribution in [3.05, 3.63) is 51.9 Å². The van der Waals surface area contributed by atoms with Gasteiger partial charge in [-0.25, -0.2) is 4.79 Å². The van der Waals surface area contributed by atoms with Crippen LogP contribution in [0.3, 0.4) is 0 Å². The summed E-state index contributed by atoms with van der Waals surface area (Å²) >= 11 is 11.9. The van der Waals surface area contributed by atoms with Crippen molar-refractivity contribution in [3.8, 4) is 11.3 Å². The maximum Gasteiger partial charge on any atom is 0.356 e. The number of anilines is 1. The first-order valence-corrected chi connectivity index (χ1v) is 7.61. The van der Waals surface area contributed by atoms with Crippen molar-refractivity contribution < 1.29 is 19.2 Å². The number of aromatic carboxylic acids is 1. The Bertz CT molecular complexity index is 980. The molecule has 1 amide bonds. The Hall–Kier alpha value is -2.84. The minimum absolute atomic E-state index is 0.0405. The predicted octanol–water partition coefficient (Wildman–Crippen LogP) is 3.33. The van der Waals surface area contributed by atoms with Gasteiger partial charge in [0.1, 0.15) is 0 Å². The first kappa shape index (κ1) is 17.0. The van der Waals surface area contributed by atoms with Crippen LogP contribution in [-0.2, 0) is 7.05 Å². The van der Waals surface area contributed by atoms with E-state index in [0.29, 0.717) is 15.6 Å². The molecule has 2 N–H and O–H groups in total. The van der Waals surface area contributed by atoms with Crippen molar-refractivity contribution in [1.82, 2.24) is 14.9 Å². The number of nitrogens with one attached hydrogen (secondary N) is 1. The molecule has 2 aromatic heterocycles. The van der Waals surface area contributed by atoms with E-state index in [9.17, 15) is 9.59 Å². The topological polar surface area (TPSA) is 110 Å². The van der Waals surface area contributed by atoms with Gasteiger partial charge in [-0.3, -0.25) is 9.48 Å². The molecule has 3 aromatic rings. The van der Waals surface area contributed by atoms with Crippen LogP contribution >= 0.6 is 23.2 Å². The molecule has 3 rings (SSSR count). The average molecular weight is 381 g/mol. The zero-order valence-electron chi connectivity index (χ0n) is 12.7. The van der Waals surface area contributed by atoms with Crippen LogP contribution < -0.4 is 5.32 Å². The molecule has 0 saturated carbocycles. The monoisotopic (exact) mass is 380 g/mol. The fourth-order valence-corrected chi connectivity index (χ4v) is 2.67. The van der Waals surface area contributed by atoms with Gasteiger partial charge in [-0.15, -0.1) is 0 Å². The Labute approximate surface area is 150 Å². The number of hydrogen-bond acceptors (Lipinski definition) is 5. The fourth-order valence-electron chi connectivity index (χ4n) is 2.17. The zero-order chi connectivity index (χ0) is 18.1. The number of carboxylic acid groups (broad SMARTS) is 1. The molecular formula is C15H10Cl2N4O4. The van der Waals surface area contributed by atoms with Crippen molar-refractivity contribution in [1.29, 1.82) is 0 Å². The molecular weight excluding hydrogens is 371 g/mol. The molecule has 8 nitrogen and oxygen atoms in total. The van der Waals surface area contributed by atoms with Gasteiger partial charge in [0.2, 0.25) is 0 Å². The number of carboxylic acids is 1. The molecule has 0 fully saturated rings. The van der Waals surface area contributed by atoms with E-state index in [1.807, 2.05) is 0 Å². The Morgan fingerprint density at radius 3 is 2.72 bits per heavy atom. The molecule has 0 aliphatic carbocycles. The number of amides is 1. The third-order valence-corrected chi connectivity index (χ3v) is 3.88. The second kappa shape index (κ2) is 6.58. The van der Waals surface area contributed by atoms with E-state index in [-0.39, 0.29) is 22.8 Å². The van der Waals surface area contributed by atoms with Gasteiger partial charge in [-0.2, -0.15) is 5.10 Å². The maximum absolute atomic E-state index is 12.3. The highest BCUT2D eigenvalue weighted by Crippen LogP contribution is 2.30. The van der Waals surface area contributed by atoms with Crippen LogP contribution in [0.5, 0.6) is 0 Å². The minimum atomic E-state index is -1.22. The second-order valence-corrected chi connectivity index (χ2v) is 5.83. The Morgan fingerprint density at radius 2 is 2.04 bits per heavy atom. The van der Waals surface area contributed by atoms with Crippen LogP contribution in [0.25, 0.3) is 11.3 Å². The number of carbonyl (C=O) groups excluding carboxylic acids is 1. The van der Waals surface area contributed by atoms with Gasteiger partial charge >= 0.3 is 5.97 Å². The highest BCUT2D eigenvalue weighted by molar-refractivity contribution is 6.36. The van der Waals surface area contributed by atoms with Gasteiger partial charge in [0, 0.05) is 23.7 Å². The van der Waals surface area contributed by atoms with Gasteiger partial charge in [0.25, 0.3) is 5.91 Å². The number of rotatable bonds is 4. The molecule has 25 heavy (non-hydrogen) atoms. The molecule has 0 unspecified atom stereocenters. The van der Waals surface area contributed by atoms with E-state index >= 15 is 0 Å². The molecule has 10 heteroatoms. The summed E-state index contributed by atoms with van der Waals surface area (Å²) in [7, 11) is 1.45. The quantitative estimate of drug-likeness (QED) is 0.717. The van der Waals surface area contributed by atoms with Crippen molar-refractivity contribution in [2.24, 2.45) is 7.05 Å². The standard InChI is InChI=1S/C15H10Cl2N4O4/c1-21-13(15(23)24)11(6-18-21)19-14(22)10-5-12(25-20-10)8-3-2-7(16)4-9(8)17/h2-6H,1H3,(H,19,22)(H,23,24). The van der Waals surface area contributed by atoms with Crippen molar-refractivity contribution in [3.63, 3.8) is 0 Å². The lowest BCUT2D eigenvalue weighted by molar-refractivity contribution is 0.0686. The summed E-state index contributed by atoms with van der Waals surface area (Å²) in [6.45, 7) is 0. The van der Waals surface area contributed by atoms with Crippen molar-refractivity contribution in [2.75, 3.05) is 5.32 Å². The van der Waals surface area contributed by atoms with Crippen molar-refractivity contribution in [2.45, 2.75) is 0 Å². The molecule has 2 heterocycles. The molecule has 0 spiro atoms. The second-order valence-electron chi connectivity index (χ2n) is 4.99. The number of aromatic nitrogens is 3. The lowest BCUT2D eigenvalue weighted by Crippen LogP contribution is -2.15. The van der Waals surface area contributed by atoms with Gasteiger partial charge in [0.15, 0.2) is 17.1 Å². The zero-order valence-corrected chi connectivity index (χ0v) is 14.2. The lowest BCUT2D eigenvalue weighted by Gasteiger charge is -2.02. The SMILES string of the molecule is Cn1ncc(NC(=O)c2cc(-c3ccc(Cl)cc3Cl)on2)c1C(=O)O. The molecule has 0 aliphatic heterocycles. The van der Waals surface area contributed by atoms with E-state index < -0.39 is 11.9 Å². The Morgan fingerprint density at radius 1 is 1.28 bits per heavy atom. The first-order chi connectivity index (χ1) is 11.9. The van der Waals surface area contributed by atoms with E-state index in [4.69, 9.17) is 32.8 Å². The van der Waals surface area contributed by atoms with E-state index in [1.165, 1.54) is 25.4 Å². The highest BCUT2D eigenvalue weighted by atomic mass is 35.5. The van der Waals surface area contributed by atoms with Gasteiger partial charge in [0.05, 0.1) is 16.9 Å². The normalized spacial score (nSPS) is 10.7. The number of nitrogens with zero attached hydrogens (tertiary/aromatic N) is 3. The Kier molecular flexibility index (Phi) is 4.47. The van der Waals surface area contributed by atoms with Gasteiger partial charge < -0.3 is 14.9 Å². The number of halogens is 2. The van der Waals surface area contributed by atoms with Crippen LogP contribution in [-0.4, -0.2) is 31.9 Å². The third-order valence-electron chi connectivity index (χ3n) is 3.33. The minimum Gasteiger partial charge on any atom is -0.476 e.